The van der Waals surface area contributed by atoms with Gasteiger partial charge in [0.2, 0.25) is 0 Å². The van der Waals surface area contributed by atoms with Crippen LogP contribution in [0.1, 0.15) is 16.7 Å². The summed E-state index contributed by atoms with van der Waals surface area (Å²) in [5.74, 6) is -1.01. The minimum absolute atomic E-state index is 0.178. The number of oxime groups is 1. The molecule has 4 nitrogen and oxygen atoms in total. The van der Waals surface area contributed by atoms with Gasteiger partial charge in [0.05, 0.1) is 0 Å². The number of rotatable bonds is 4. The topological polar surface area (TPSA) is 70.6 Å². The van der Waals surface area contributed by atoms with Crippen LogP contribution in [0.3, 0.4) is 0 Å². The summed E-state index contributed by atoms with van der Waals surface area (Å²) in [5.41, 5.74) is 7.97. The third-order valence-corrected chi connectivity index (χ3v) is 3.12. The SMILES string of the molecule is Cc1ccc(F)cc1NCc1ccc(F)cc1C(N)=NO. The smallest absolute Gasteiger partial charge is 0.170 e. The molecule has 0 aliphatic carbocycles. The summed E-state index contributed by atoms with van der Waals surface area (Å²) in [5, 5.41) is 14.7. The van der Waals surface area contributed by atoms with Crippen LogP contribution in [0.5, 0.6) is 0 Å². The lowest BCUT2D eigenvalue weighted by molar-refractivity contribution is 0.318. The summed E-state index contributed by atoms with van der Waals surface area (Å²) >= 11 is 0. The molecular weight excluding hydrogens is 276 g/mol. The summed E-state index contributed by atoms with van der Waals surface area (Å²) in [6, 6.07) is 8.41. The van der Waals surface area contributed by atoms with Crippen LogP contribution in [0.4, 0.5) is 14.5 Å². The fraction of sp³-hybridized carbons (Fsp3) is 0.133. The van der Waals surface area contributed by atoms with Crippen LogP contribution in [0.25, 0.3) is 0 Å². The molecule has 21 heavy (non-hydrogen) atoms. The van der Waals surface area contributed by atoms with Crippen LogP contribution in [-0.2, 0) is 6.54 Å². The fourth-order valence-corrected chi connectivity index (χ4v) is 1.97. The van der Waals surface area contributed by atoms with Gasteiger partial charge < -0.3 is 16.3 Å². The van der Waals surface area contributed by atoms with Gasteiger partial charge in [0.1, 0.15) is 11.6 Å². The largest absolute Gasteiger partial charge is 0.409 e. The van der Waals surface area contributed by atoms with E-state index in [-0.39, 0.29) is 18.2 Å². The first-order valence-corrected chi connectivity index (χ1v) is 6.27. The van der Waals surface area contributed by atoms with E-state index in [0.717, 1.165) is 5.56 Å². The first kappa shape index (κ1) is 14.8. The molecule has 110 valence electrons. The number of halogens is 2. The van der Waals surface area contributed by atoms with Gasteiger partial charge in [-0.3, -0.25) is 0 Å². The first-order valence-electron chi connectivity index (χ1n) is 6.27. The Hall–Kier alpha value is -2.63. The maximum absolute atomic E-state index is 13.3. The second kappa shape index (κ2) is 6.21. The molecule has 6 heteroatoms. The summed E-state index contributed by atoms with van der Waals surface area (Å²) in [4.78, 5) is 0. The molecule has 0 amide bonds. The molecule has 0 saturated heterocycles. The molecule has 4 N–H and O–H groups in total. The average Bonchev–Trinajstić information content (AvgIpc) is 2.48. The molecule has 0 atom stereocenters. The van der Waals surface area contributed by atoms with Crippen LogP contribution in [0.2, 0.25) is 0 Å². The maximum atomic E-state index is 13.3. The lowest BCUT2D eigenvalue weighted by Crippen LogP contribution is -2.17. The lowest BCUT2D eigenvalue weighted by Gasteiger charge is -2.12. The van der Waals surface area contributed by atoms with E-state index in [1.54, 1.807) is 6.07 Å². The van der Waals surface area contributed by atoms with Gasteiger partial charge in [-0.1, -0.05) is 17.3 Å². The quantitative estimate of drug-likeness (QED) is 0.351. The van der Waals surface area contributed by atoms with Gasteiger partial charge in [-0.05, 0) is 42.3 Å². The molecule has 0 saturated carbocycles. The Morgan fingerprint density at radius 2 is 1.86 bits per heavy atom. The van der Waals surface area contributed by atoms with E-state index in [1.165, 1.54) is 30.3 Å². The number of nitrogens with two attached hydrogens (primary N) is 1. The van der Waals surface area contributed by atoms with E-state index >= 15 is 0 Å². The molecule has 0 unspecified atom stereocenters. The van der Waals surface area contributed by atoms with Crippen LogP contribution in [0, 0.1) is 18.6 Å². The molecular formula is C15H15F2N3O. The van der Waals surface area contributed by atoms with Crippen molar-refractivity contribution in [1.29, 1.82) is 0 Å². The minimum atomic E-state index is -0.484. The summed E-state index contributed by atoms with van der Waals surface area (Å²) < 4.78 is 26.5. The van der Waals surface area contributed by atoms with Gasteiger partial charge in [0.25, 0.3) is 0 Å². The van der Waals surface area contributed by atoms with Crippen LogP contribution in [0.15, 0.2) is 41.6 Å². The zero-order chi connectivity index (χ0) is 15.4. The molecule has 0 fully saturated rings. The second-order valence-electron chi connectivity index (χ2n) is 4.60. The Balaban J connectivity index is 2.26. The summed E-state index contributed by atoms with van der Waals surface area (Å²) in [6.07, 6.45) is 0. The van der Waals surface area contributed by atoms with Crippen molar-refractivity contribution in [2.45, 2.75) is 13.5 Å². The number of amidine groups is 1. The molecule has 0 aromatic heterocycles. The monoisotopic (exact) mass is 291 g/mol. The molecule has 2 aromatic rings. The standard InChI is InChI=1S/C15H15F2N3O/c1-9-2-4-12(17)7-14(9)19-8-10-3-5-11(16)6-13(10)15(18)20-21/h2-7,19,21H,8H2,1H3,(H2,18,20). The van der Waals surface area contributed by atoms with Crippen molar-refractivity contribution >= 4 is 11.5 Å². The number of nitrogens with one attached hydrogen (secondary N) is 1. The van der Waals surface area contributed by atoms with Crippen molar-refractivity contribution < 1.29 is 14.0 Å². The van der Waals surface area contributed by atoms with E-state index in [0.29, 0.717) is 16.8 Å². The Labute approximate surface area is 120 Å². The summed E-state index contributed by atoms with van der Waals surface area (Å²) in [7, 11) is 0. The molecule has 2 rings (SSSR count). The van der Waals surface area contributed by atoms with Gasteiger partial charge in [-0.25, -0.2) is 8.78 Å². The molecule has 0 aliphatic rings. The third-order valence-electron chi connectivity index (χ3n) is 3.12. The Bertz CT molecular complexity index is 687. The highest BCUT2D eigenvalue weighted by atomic mass is 19.1. The second-order valence-corrected chi connectivity index (χ2v) is 4.60. The van der Waals surface area contributed by atoms with Gasteiger partial charge in [-0.15, -0.1) is 0 Å². The van der Waals surface area contributed by atoms with Crippen molar-refractivity contribution in [1.82, 2.24) is 0 Å². The van der Waals surface area contributed by atoms with E-state index < -0.39 is 5.82 Å². The zero-order valence-corrected chi connectivity index (χ0v) is 11.4. The van der Waals surface area contributed by atoms with E-state index in [4.69, 9.17) is 10.9 Å². The predicted molar refractivity (Wildman–Crippen MR) is 77.4 cm³/mol. The fourth-order valence-electron chi connectivity index (χ4n) is 1.97. The average molecular weight is 291 g/mol. The van der Waals surface area contributed by atoms with Crippen molar-refractivity contribution in [3.05, 3.63) is 64.7 Å². The lowest BCUT2D eigenvalue weighted by atomic mass is 10.1. The first-order chi connectivity index (χ1) is 10.0. The Morgan fingerprint density at radius 3 is 2.57 bits per heavy atom. The molecule has 0 spiro atoms. The molecule has 2 aromatic carbocycles. The molecule has 0 radical (unpaired) electrons. The number of hydrogen-bond acceptors (Lipinski definition) is 3. The predicted octanol–water partition coefficient (Wildman–Crippen LogP) is 2.98. The van der Waals surface area contributed by atoms with E-state index in [2.05, 4.69) is 10.5 Å². The van der Waals surface area contributed by atoms with Crippen LogP contribution < -0.4 is 11.1 Å². The van der Waals surface area contributed by atoms with E-state index in [1.807, 2.05) is 6.92 Å². The minimum Gasteiger partial charge on any atom is -0.409 e. The number of nitrogens with zero attached hydrogens (tertiary/aromatic N) is 1. The van der Waals surface area contributed by atoms with Crippen molar-refractivity contribution in [2.24, 2.45) is 10.9 Å². The Morgan fingerprint density at radius 1 is 1.19 bits per heavy atom. The van der Waals surface area contributed by atoms with Crippen molar-refractivity contribution in [3.8, 4) is 0 Å². The molecule has 0 aliphatic heterocycles. The number of benzene rings is 2. The normalized spacial score (nSPS) is 11.5. The Kier molecular flexibility index (Phi) is 4.37. The van der Waals surface area contributed by atoms with Crippen LogP contribution in [-0.4, -0.2) is 11.0 Å². The number of hydrogen-bond donors (Lipinski definition) is 3. The highest BCUT2D eigenvalue weighted by Gasteiger charge is 2.09. The van der Waals surface area contributed by atoms with Gasteiger partial charge in [0, 0.05) is 17.8 Å². The van der Waals surface area contributed by atoms with Gasteiger partial charge in [-0.2, -0.15) is 0 Å². The number of anilines is 1. The molecule has 0 heterocycles. The third kappa shape index (κ3) is 3.47. The van der Waals surface area contributed by atoms with Crippen molar-refractivity contribution in [3.63, 3.8) is 0 Å². The highest BCUT2D eigenvalue weighted by molar-refractivity contribution is 5.98. The highest BCUT2D eigenvalue weighted by Crippen LogP contribution is 2.18. The zero-order valence-electron chi connectivity index (χ0n) is 11.4. The van der Waals surface area contributed by atoms with Crippen LogP contribution >= 0.6 is 0 Å². The van der Waals surface area contributed by atoms with E-state index in [9.17, 15) is 8.78 Å². The van der Waals surface area contributed by atoms with Gasteiger partial charge >= 0.3 is 0 Å². The van der Waals surface area contributed by atoms with Crippen molar-refractivity contribution in [2.75, 3.05) is 5.32 Å². The summed E-state index contributed by atoms with van der Waals surface area (Å²) in [6.45, 7) is 2.13. The number of aryl methyl sites for hydroxylation is 1. The maximum Gasteiger partial charge on any atom is 0.170 e. The molecule has 0 bridgehead atoms. The van der Waals surface area contributed by atoms with Gasteiger partial charge in [0.15, 0.2) is 5.84 Å².